The number of para-hydroxylation sites is 1. The third-order valence-corrected chi connectivity index (χ3v) is 3.82. The van der Waals surface area contributed by atoms with Gasteiger partial charge >= 0.3 is 0 Å². The standard InChI is InChI=1S/C16H15BrN2O4/c1-18(10-11-9-12(17)7-8-15(11)23-2)16(20)13-5-3-4-6-14(13)19(21)22/h3-9H,10H2,1-2H3. The quantitative estimate of drug-likeness (QED) is 0.587. The highest BCUT2D eigenvalue weighted by molar-refractivity contribution is 9.10. The molecule has 0 aliphatic heterocycles. The van der Waals surface area contributed by atoms with E-state index >= 15 is 0 Å². The van der Waals surface area contributed by atoms with Gasteiger partial charge in [-0.25, -0.2) is 0 Å². The van der Waals surface area contributed by atoms with Gasteiger partial charge in [0.25, 0.3) is 11.6 Å². The number of amides is 1. The van der Waals surface area contributed by atoms with Crippen molar-refractivity contribution in [2.75, 3.05) is 14.2 Å². The highest BCUT2D eigenvalue weighted by atomic mass is 79.9. The molecule has 0 radical (unpaired) electrons. The summed E-state index contributed by atoms with van der Waals surface area (Å²) in [4.78, 5) is 24.5. The molecule has 0 fully saturated rings. The first-order valence-corrected chi connectivity index (χ1v) is 7.54. The lowest BCUT2D eigenvalue weighted by atomic mass is 10.1. The predicted octanol–water partition coefficient (Wildman–Crippen LogP) is 3.64. The Morgan fingerprint density at radius 1 is 1.30 bits per heavy atom. The highest BCUT2D eigenvalue weighted by Crippen LogP contribution is 2.25. The first-order chi connectivity index (χ1) is 10.9. The van der Waals surface area contributed by atoms with Crippen molar-refractivity contribution in [1.29, 1.82) is 0 Å². The van der Waals surface area contributed by atoms with Crippen molar-refractivity contribution in [3.8, 4) is 5.75 Å². The van der Waals surface area contributed by atoms with E-state index in [-0.39, 0.29) is 17.8 Å². The molecule has 0 saturated carbocycles. The molecule has 2 aromatic carbocycles. The zero-order valence-corrected chi connectivity index (χ0v) is 14.2. The summed E-state index contributed by atoms with van der Waals surface area (Å²) in [6.45, 7) is 0.271. The van der Waals surface area contributed by atoms with E-state index in [2.05, 4.69) is 15.9 Å². The van der Waals surface area contributed by atoms with E-state index in [1.165, 1.54) is 23.1 Å². The molecule has 2 aromatic rings. The number of rotatable bonds is 5. The van der Waals surface area contributed by atoms with Crippen LogP contribution in [0.5, 0.6) is 5.75 Å². The van der Waals surface area contributed by atoms with Crippen LogP contribution in [0.2, 0.25) is 0 Å². The topological polar surface area (TPSA) is 72.7 Å². The van der Waals surface area contributed by atoms with Gasteiger partial charge in [-0.2, -0.15) is 0 Å². The van der Waals surface area contributed by atoms with Gasteiger partial charge in [-0.05, 0) is 24.3 Å². The molecule has 0 saturated heterocycles. The molecule has 0 atom stereocenters. The van der Waals surface area contributed by atoms with Crippen LogP contribution in [0.3, 0.4) is 0 Å². The van der Waals surface area contributed by atoms with Gasteiger partial charge in [0, 0.05) is 29.7 Å². The van der Waals surface area contributed by atoms with Crippen LogP contribution in [0.15, 0.2) is 46.9 Å². The van der Waals surface area contributed by atoms with E-state index in [4.69, 9.17) is 4.74 Å². The molecule has 7 heteroatoms. The van der Waals surface area contributed by atoms with Crippen molar-refractivity contribution >= 4 is 27.5 Å². The first-order valence-electron chi connectivity index (χ1n) is 6.75. The Hall–Kier alpha value is -2.41. The number of nitro groups is 1. The Bertz CT molecular complexity index is 749. The van der Waals surface area contributed by atoms with E-state index in [0.29, 0.717) is 5.75 Å². The summed E-state index contributed by atoms with van der Waals surface area (Å²) in [5.74, 6) is 0.231. The molecular formula is C16H15BrN2O4. The van der Waals surface area contributed by atoms with E-state index in [0.717, 1.165) is 10.0 Å². The number of halogens is 1. The lowest BCUT2D eigenvalue weighted by Crippen LogP contribution is -2.27. The molecule has 0 aliphatic carbocycles. The van der Waals surface area contributed by atoms with Gasteiger partial charge in [-0.1, -0.05) is 28.1 Å². The zero-order chi connectivity index (χ0) is 17.0. The second kappa shape index (κ2) is 7.23. The Balaban J connectivity index is 2.28. The number of carbonyl (C=O) groups is 1. The van der Waals surface area contributed by atoms with Crippen LogP contribution in [0, 0.1) is 10.1 Å². The maximum atomic E-state index is 12.5. The highest BCUT2D eigenvalue weighted by Gasteiger charge is 2.22. The SMILES string of the molecule is COc1ccc(Br)cc1CN(C)C(=O)c1ccccc1[N+](=O)[O-]. The molecule has 120 valence electrons. The maximum absolute atomic E-state index is 12.5. The van der Waals surface area contributed by atoms with Gasteiger partial charge in [0.1, 0.15) is 11.3 Å². The molecule has 6 nitrogen and oxygen atoms in total. The fourth-order valence-corrected chi connectivity index (χ4v) is 2.63. The molecule has 0 N–H and O–H groups in total. The van der Waals surface area contributed by atoms with E-state index in [9.17, 15) is 14.9 Å². The molecule has 0 unspecified atom stereocenters. The summed E-state index contributed by atoms with van der Waals surface area (Å²) in [6.07, 6.45) is 0. The van der Waals surface area contributed by atoms with Crippen molar-refractivity contribution < 1.29 is 14.5 Å². The van der Waals surface area contributed by atoms with Crippen molar-refractivity contribution in [3.63, 3.8) is 0 Å². The number of methoxy groups -OCH3 is 1. The third-order valence-electron chi connectivity index (χ3n) is 3.33. The largest absolute Gasteiger partial charge is 0.496 e. The fourth-order valence-electron chi connectivity index (χ4n) is 2.22. The Morgan fingerprint density at radius 2 is 2.00 bits per heavy atom. The van der Waals surface area contributed by atoms with E-state index in [1.807, 2.05) is 12.1 Å². The van der Waals surface area contributed by atoms with E-state index in [1.54, 1.807) is 26.3 Å². The van der Waals surface area contributed by atoms with Crippen LogP contribution in [0.4, 0.5) is 5.69 Å². The number of carbonyl (C=O) groups excluding carboxylic acids is 1. The number of hydrogen-bond acceptors (Lipinski definition) is 4. The van der Waals surface area contributed by atoms with Crippen molar-refractivity contribution in [1.82, 2.24) is 4.90 Å². The molecule has 0 aromatic heterocycles. The lowest BCUT2D eigenvalue weighted by molar-refractivity contribution is -0.385. The van der Waals surface area contributed by atoms with Crippen LogP contribution in [-0.2, 0) is 6.54 Å². The third kappa shape index (κ3) is 3.87. The second-order valence-corrected chi connectivity index (χ2v) is 5.81. The molecule has 1 amide bonds. The average Bonchev–Trinajstić information content (AvgIpc) is 2.54. The van der Waals surface area contributed by atoms with Gasteiger partial charge in [-0.15, -0.1) is 0 Å². The van der Waals surface area contributed by atoms with Gasteiger partial charge < -0.3 is 9.64 Å². The number of ether oxygens (including phenoxy) is 1. The first kappa shape index (κ1) is 17.0. The lowest BCUT2D eigenvalue weighted by Gasteiger charge is -2.19. The van der Waals surface area contributed by atoms with Crippen LogP contribution in [0.1, 0.15) is 15.9 Å². The second-order valence-electron chi connectivity index (χ2n) is 4.89. The normalized spacial score (nSPS) is 10.2. The molecule has 0 bridgehead atoms. The van der Waals surface area contributed by atoms with Crippen LogP contribution in [-0.4, -0.2) is 29.9 Å². The van der Waals surface area contributed by atoms with Crippen molar-refractivity contribution in [2.45, 2.75) is 6.54 Å². The molecular weight excluding hydrogens is 364 g/mol. The Labute approximate surface area is 142 Å². The maximum Gasteiger partial charge on any atom is 0.282 e. The summed E-state index contributed by atoms with van der Waals surface area (Å²) < 4.78 is 6.14. The molecule has 0 spiro atoms. The zero-order valence-electron chi connectivity index (χ0n) is 12.7. The number of nitro benzene ring substituents is 1. The summed E-state index contributed by atoms with van der Waals surface area (Å²) in [5.41, 5.74) is 0.663. The summed E-state index contributed by atoms with van der Waals surface area (Å²) in [7, 11) is 3.15. The monoisotopic (exact) mass is 378 g/mol. The summed E-state index contributed by atoms with van der Waals surface area (Å²) in [5, 5.41) is 11.1. The molecule has 0 aliphatic rings. The van der Waals surface area contributed by atoms with Gasteiger partial charge in [0.2, 0.25) is 0 Å². The summed E-state index contributed by atoms with van der Waals surface area (Å²) in [6, 6.07) is 11.4. The predicted molar refractivity (Wildman–Crippen MR) is 89.6 cm³/mol. The smallest absolute Gasteiger partial charge is 0.282 e. The van der Waals surface area contributed by atoms with E-state index < -0.39 is 10.8 Å². The Morgan fingerprint density at radius 3 is 2.65 bits per heavy atom. The van der Waals surface area contributed by atoms with Gasteiger partial charge in [0.15, 0.2) is 0 Å². The van der Waals surface area contributed by atoms with Crippen molar-refractivity contribution in [3.05, 3.63) is 68.2 Å². The fraction of sp³-hybridized carbons (Fsp3) is 0.188. The number of benzene rings is 2. The van der Waals surface area contributed by atoms with Crippen LogP contribution >= 0.6 is 15.9 Å². The van der Waals surface area contributed by atoms with Gasteiger partial charge in [-0.3, -0.25) is 14.9 Å². The van der Waals surface area contributed by atoms with Crippen LogP contribution in [0.25, 0.3) is 0 Å². The summed E-state index contributed by atoms with van der Waals surface area (Å²) >= 11 is 3.38. The minimum atomic E-state index is -0.555. The van der Waals surface area contributed by atoms with Crippen molar-refractivity contribution in [2.24, 2.45) is 0 Å². The molecule has 23 heavy (non-hydrogen) atoms. The molecule has 0 heterocycles. The minimum absolute atomic E-state index is 0.0639. The van der Waals surface area contributed by atoms with Crippen LogP contribution < -0.4 is 4.74 Å². The minimum Gasteiger partial charge on any atom is -0.496 e. The number of nitrogens with zero attached hydrogens (tertiary/aromatic N) is 2. The Kier molecular flexibility index (Phi) is 5.33. The average molecular weight is 379 g/mol. The molecule has 2 rings (SSSR count). The van der Waals surface area contributed by atoms with Gasteiger partial charge in [0.05, 0.1) is 12.0 Å². The number of hydrogen-bond donors (Lipinski definition) is 0.